The molecule has 1 aromatic carbocycles. The average Bonchev–Trinajstić information content (AvgIpc) is 2.28. The third-order valence-electron chi connectivity index (χ3n) is 2.50. The van der Waals surface area contributed by atoms with Crippen molar-refractivity contribution >= 4 is 0 Å². The first-order chi connectivity index (χ1) is 7.01. The van der Waals surface area contributed by atoms with Crippen LogP contribution in [-0.2, 0) is 0 Å². The molecule has 0 aromatic heterocycles. The quantitative estimate of drug-likeness (QED) is 0.788. The van der Waals surface area contributed by atoms with Crippen LogP contribution >= 0.6 is 0 Å². The maximum absolute atomic E-state index is 9.97. The van der Waals surface area contributed by atoms with Crippen LogP contribution in [0.5, 0.6) is 0 Å². The number of benzene rings is 1. The van der Waals surface area contributed by atoms with Gasteiger partial charge in [-0.15, -0.1) is 0 Å². The summed E-state index contributed by atoms with van der Waals surface area (Å²) in [6.07, 6.45) is -0.727. The molecule has 0 heterocycles. The van der Waals surface area contributed by atoms with Crippen LogP contribution < -0.4 is 0 Å². The summed E-state index contributed by atoms with van der Waals surface area (Å²) in [4.78, 5) is 0. The fourth-order valence-corrected chi connectivity index (χ4v) is 1.28. The van der Waals surface area contributed by atoms with E-state index in [4.69, 9.17) is 10.4 Å². The summed E-state index contributed by atoms with van der Waals surface area (Å²) >= 11 is 0. The molecule has 3 nitrogen and oxygen atoms in total. The fourth-order valence-electron chi connectivity index (χ4n) is 1.28. The van der Waals surface area contributed by atoms with E-state index in [9.17, 15) is 5.11 Å². The zero-order valence-electron chi connectivity index (χ0n) is 8.94. The molecule has 2 N–H and O–H groups in total. The molecule has 0 bridgehead atoms. The van der Waals surface area contributed by atoms with Gasteiger partial charge in [-0.2, -0.15) is 5.26 Å². The molecule has 1 aromatic rings. The molecule has 0 aliphatic heterocycles. The summed E-state index contributed by atoms with van der Waals surface area (Å²) in [6.45, 7) is 3.49. The van der Waals surface area contributed by atoms with Gasteiger partial charge in [-0.25, -0.2) is 0 Å². The van der Waals surface area contributed by atoms with Gasteiger partial charge in [0.15, 0.2) is 0 Å². The molecular weight excluding hydrogens is 190 g/mol. The Labute approximate surface area is 89.6 Å². The number of nitriles is 1. The lowest BCUT2D eigenvalue weighted by molar-refractivity contribution is 0.00638. The second kappa shape index (κ2) is 4.43. The monoisotopic (exact) mass is 205 g/mol. The lowest BCUT2D eigenvalue weighted by atomic mass is 9.83. The minimum atomic E-state index is -0.727. The highest BCUT2D eigenvalue weighted by Crippen LogP contribution is 2.32. The summed E-state index contributed by atoms with van der Waals surface area (Å²) < 4.78 is 0. The van der Waals surface area contributed by atoms with Crippen molar-refractivity contribution in [3.63, 3.8) is 0 Å². The minimum Gasteiger partial charge on any atom is -0.396 e. The summed E-state index contributed by atoms with van der Waals surface area (Å²) in [6, 6.07) is 8.75. The zero-order chi connectivity index (χ0) is 11.5. The van der Waals surface area contributed by atoms with Gasteiger partial charge in [0.2, 0.25) is 0 Å². The van der Waals surface area contributed by atoms with Gasteiger partial charge in [0.25, 0.3) is 0 Å². The van der Waals surface area contributed by atoms with E-state index in [0.29, 0.717) is 11.1 Å². The minimum absolute atomic E-state index is 0.0891. The molecule has 1 unspecified atom stereocenters. The smallest absolute Gasteiger partial charge is 0.0991 e. The maximum atomic E-state index is 9.97. The molecule has 15 heavy (non-hydrogen) atoms. The van der Waals surface area contributed by atoms with E-state index < -0.39 is 11.5 Å². The van der Waals surface area contributed by atoms with Gasteiger partial charge in [0.05, 0.1) is 24.3 Å². The number of hydrogen-bond donors (Lipinski definition) is 2. The zero-order valence-corrected chi connectivity index (χ0v) is 8.94. The van der Waals surface area contributed by atoms with Gasteiger partial charge in [-0.1, -0.05) is 26.0 Å². The highest BCUT2D eigenvalue weighted by Gasteiger charge is 2.28. The molecule has 0 aliphatic rings. The Morgan fingerprint density at radius 2 is 1.87 bits per heavy atom. The molecular formula is C12H15NO2. The van der Waals surface area contributed by atoms with Gasteiger partial charge in [0, 0.05) is 5.41 Å². The Morgan fingerprint density at radius 1 is 1.33 bits per heavy atom. The van der Waals surface area contributed by atoms with Gasteiger partial charge < -0.3 is 10.2 Å². The van der Waals surface area contributed by atoms with Crippen LogP contribution in [0.4, 0.5) is 0 Å². The molecule has 0 fully saturated rings. The van der Waals surface area contributed by atoms with Gasteiger partial charge in [0.1, 0.15) is 0 Å². The summed E-state index contributed by atoms with van der Waals surface area (Å²) in [5.41, 5.74) is 0.703. The number of aliphatic hydroxyl groups is 2. The van der Waals surface area contributed by atoms with Crippen LogP contribution in [0, 0.1) is 16.7 Å². The second-order valence-electron chi connectivity index (χ2n) is 4.28. The maximum Gasteiger partial charge on any atom is 0.0991 e. The van der Waals surface area contributed by atoms with Gasteiger partial charge in [-0.3, -0.25) is 0 Å². The molecule has 3 heteroatoms. The summed E-state index contributed by atoms with van der Waals surface area (Å²) in [5, 5.41) is 27.7. The Balaban J connectivity index is 2.93. The Hall–Kier alpha value is -1.37. The highest BCUT2D eigenvalue weighted by atomic mass is 16.3. The standard InChI is InChI=1S/C12H15NO2/c1-12(2,8-14)11(15)10-5-3-9(7-13)4-6-10/h3-6,11,14-15H,8H2,1-2H3. The Morgan fingerprint density at radius 3 is 2.27 bits per heavy atom. The van der Waals surface area contributed by atoms with Crippen LogP contribution in [0.3, 0.4) is 0 Å². The molecule has 1 atom stereocenters. The van der Waals surface area contributed by atoms with Crippen molar-refractivity contribution in [3.8, 4) is 6.07 Å². The van der Waals surface area contributed by atoms with Crippen molar-refractivity contribution in [3.05, 3.63) is 35.4 Å². The van der Waals surface area contributed by atoms with Crippen molar-refractivity contribution in [2.45, 2.75) is 20.0 Å². The van der Waals surface area contributed by atoms with Crippen LogP contribution in [0.25, 0.3) is 0 Å². The molecule has 0 aliphatic carbocycles. The van der Waals surface area contributed by atoms with E-state index in [1.165, 1.54) is 0 Å². The van der Waals surface area contributed by atoms with Crippen LogP contribution in [0.2, 0.25) is 0 Å². The number of nitrogens with zero attached hydrogens (tertiary/aromatic N) is 1. The highest BCUT2D eigenvalue weighted by molar-refractivity contribution is 5.32. The van der Waals surface area contributed by atoms with Crippen LogP contribution in [-0.4, -0.2) is 16.8 Å². The average molecular weight is 205 g/mol. The van der Waals surface area contributed by atoms with Crippen LogP contribution in [0.15, 0.2) is 24.3 Å². The molecule has 1 rings (SSSR count). The predicted octanol–water partition coefficient (Wildman–Crippen LogP) is 1.61. The molecule has 0 radical (unpaired) electrons. The predicted molar refractivity (Wildman–Crippen MR) is 57.0 cm³/mol. The van der Waals surface area contributed by atoms with Crippen LogP contribution in [0.1, 0.15) is 31.1 Å². The van der Waals surface area contributed by atoms with E-state index >= 15 is 0 Å². The molecule has 0 saturated carbocycles. The van der Waals surface area contributed by atoms with E-state index in [1.54, 1.807) is 38.1 Å². The third kappa shape index (κ3) is 2.56. The largest absolute Gasteiger partial charge is 0.396 e. The molecule has 0 saturated heterocycles. The molecule has 0 spiro atoms. The SMILES string of the molecule is CC(C)(CO)C(O)c1ccc(C#N)cc1. The van der Waals surface area contributed by atoms with Gasteiger partial charge in [-0.05, 0) is 17.7 Å². The fraction of sp³-hybridized carbons (Fsp3) is 0.417. The van der Waals surface area contributed by atoms with E-state index in [-0.39, 0.29) is 6.61 Å². The second-order valence-corrected chi connectivity index (χ2v) is 4.28. The first kappa shape index (κ1) is 11.7. The first-order valence-corrected chi connectivity index (χ1v) is 4.80. The number of aliphatic hydroxyl groups excluding tert-OH is 2. The topological polar surface area (TPSA) is 64.2 Å². The summed E-state index contributed by atoms with van der Waals surface area (Å²) in [7, 11) is 0. The normalized spacial score (nSPS) is 13.3. The Bertz CT molecular complexity index is 362. The van der Waals surface area contributed by atoms with Crippen molar-refractivity contribution in [2.24, 2.45) is 5.41 Å². The van der Waals surface area contributed by atoms with E-state index in [0.717, 1.165) is 0 Å². The lowest BCUT2D eigenvalue weighted by Crippen LogP contribution is -2.25. The van der Waals surface area contributed by atoms with Crippen molar-refractivity contribution in [1.29, 1.82) is 5.26 Å². The van der Waals surface area contributed by atoms with Crippen molar-refractivity contribution in [1.82, 2.24) is 0 Å². The molecule has 80 valence electrons. The Kier molecular flexibility index (Phi) is 3.46. The molecule has 0 amide bonds. The van der Waals surface area contributed by atoms with Crippen molar-refractivity contribution in [2.75, 3.05) is 6.61 Å². The van der Waals surface area contributed by atoms with Gasteiger partial charge >= 0.3 is 0 Å². The number of hydrogen-bond acceptors (Lipinski definition) is 3. The lowest BCUT2D eigenvalue weighted by Gasteiger charge is -2.28. The summed E-state index contributed by atoms with van der Waals surface area (Å²) in [5.74, 6) is 0. The third-order valence-corrected chi connectivity index (χ3v) is 2.50. The first-order valence-electron chi connectivity index (χ1n) is 4.80. The number of rotatable bonds is 3. The van der Waals surface area contributed by atoms with E-state index in [2.05, 4.69) is 0 Å². The van der Waals surface area contributed by atoms with E-state index in [1.807, 2.05) is 6.07 Å². The van der Waals surface area contributed by atoms with Crippen molar-refractivity contribution < 1.29 is 10.2 Å².